The van der Waals surface area contributed by atoms with Gasteiger partial charge in [-0.05, 0) is 37.1 Å². The van der Waals surface area contributed by atoms with E-state index in [0.717, 1.165) is 17.5 Å². The number of aldehydes is 1. The van der Waals surface area contributed by atoms with Crippen molar-refractivity contribution in [1.29, 1.82) is 0 Å². The molecular formula is C21H19N3O3. The number of primary amides is 1. The molecular weight excluding hydrogens is 342 g/mol. The van der Waals surface area contributed by atoms with E-state index in [1.807, 2.05) is 42.5 Å². The fourth-order valence-corrected chi connectivity index (χ4v) is 2.79. The lowest BCUT2D eigenvalue weighted by atomic mass is 10.1. The summed E-state index contributed by atoms with van der Waals surface area (Å²) < 4.78 is 1.65. The normalized spacial score (nSPS) is 11.6. The second-order valence-electron chi connectivity index (χ2n) is 6.07. The Kier molecular flexibility index (Phi) is 5.64. The van der Waals surface area contributed by atoms with Crippen LogP contribution >= 0.6 is 0 Å². The minimum atomic E-state index is -0.777. The fourth-order valence-electron chi connectivity index (χ4n) is 2.79. The molecule has 0 saturated heterocycles. The highest BCUT2D eigenvalue weighted by Crippen LogP contribution is 2.22. The maximum absolute atomic E-state index is 11.7. The molecule has 0 aliphatic carbocycles. The summed E-state index contributed by atoms with van der Waals surface area (Å²) in [6.07, 6.45) is 1.54. The number of para-hydroxylation sites is 1. The molecule has 1 unspecified atom stereocenters. The van der Waals surface area contributed by atoms with Gasteiger partial charge in [0.05, 0.1) is 11.2 Å². The number of rotatable bonds is 6. The van der Waals surface area contributed by atoms with Gasteiger partial charge in [-0.1, -0.05) is 36.1 Å². The van der Waals surface area contributed by atoms with Crippen molar-refractivity contribution in [2.24, 2.45) is 5.73 Å². The monoisotopic (exact) mass is 361 g/mol. The number of nitrogens with zero attached hydrogens (tertiary/aromatic N) is 2. The molecule has 1 heterocycles. The molecule has 3 aromatic rings. The first-order chi connectivity index (χ1) is 13.1. The summed E-state index contributed by atoms with van der Waals surface area (Å²) in [5, 5.41) is 14.9. The van der Waals surface area contributed by atoms with Crippen molar-refractivity contribution in [2.75, 3.05) is 0 Å². The summed E-state index contributed by atoms with van der Waals surface area (Å²) >= 11 is 0. The van der Waals surface area contributed by atoms with Gasteiger partial charge in [0.15, 0.2) is 5.69 Å². The van der Waals surface area contributed by atoms with Crippen molar-refractivity contribution in [3.63, 3.8) is 0 Å². The van der Waals surface area contributed by atoms with Gasteiger partial charge in [-0.15, -0.1) is 0 Å². The zero-order valence-corrected chi connectivity index (χ0v) is 14.6. The number of aromatic nitrogens is 2. The van der Waals surface area contributed by atoms with Gasteiger partial charge in [0.2, 0.25) is 0 Å². The predicted molar refractivity (Wildman–Crippen MR) is 102 cm³/mol. The second-order valence-corrected chi connectivity index (χ2v) is 6.07. The average molecular weight is 361 g/mol. The van der Waals surface area contributed by atoms with Gasteiger partial charge >= 0.3 is 0 Å². The number of unbranched alkanes of at least 4 members (excludes halogenated alkanes) is 1. The molecule has 0 aliphatic heterocycles. The molecule has 6 heteroatoms. The third-order valence-corrected chi connectivity index (χ3v) is 4.09. The van der Waals surface area contributed by atoms with Crippen LogP contribution in [-0.4, -0.2) is 33.2 Å². The van der Waals surface area contributed by atoms with Gasteiger partial charge in [-0.3, -0.25) is 4.79 Å². The summed E-state index contributed by atoms with van der Waals surface area (Å²) in [6.45, 7) is 0. The van der Waals surface area contributed by atoms with E-state index < -0.39 is 12.0 Å². The highest BCUT2D eigenvalue weighted by molar-refractivity contribution is 6.04. The van der Waals surface area contributed by atoms with Crippen molar-refractivity contribution in [3.05, 3.63) is 59.8 Å². The third kappa shape index (κ3) is 4.22. The summed E-state index contributed by atoms with van der Waals surface area (Å²) in [6, 6.07) is 14.7. The van der Waals surface area contributed by atoms with E-state index in [0.29, 0.717) is 30.2 Å². The molecule has 6 nitrogen and oxygen atoms in total. The van der Waals surface area contributed by atoms with Crippen LogP contribution in [0.15, 0.2) is 48.5 Å². The predicted octanol–water partition coefficient (Wildman–Crippen LogP) is 2.21. The van der Waals surface area contributed by atoms with Gasteiger partial charge in [0.1, 0.15) is 12.4 Å². The van der Waals surface area contributed by atoms with Crippen molar-refractivity contribution in [1.82, 2.24) is 9.78 Å². The smallest absolute Gasteiger partial charge is 0.269 e. The third-order valence-electron chi connectivity index (χ3n) is 4.09. The van der Waals surface area contributed by atoms with E-state index in [1.165, 1.54) is 0 Å². The van der Waals surface area contributed by atoms with Crippen LogP contribution in [-0.2, 0) is 4.79 Å². The van der Waals surface area contributed by atoms with Crippen LogP contribution < -0.4 is 5.73 Å². The minimum absolute atomic E-state index is 0.215. The Morgan fingerprint density at radius 3 is 2.85 bits per heavy atom. The van der Waals surface area contributed by atoms with Crippen LogP contribution in [0.4, 0.5) is 0 Å². The highest BCUT2D eigenvalue weighted by Gasteiger charge is 2.15. The topological polar surface area (TPSA) is 98.2 Å². The lowest BCUT2D eigenvalue weighted by Gasteiger charge is -2.04. The molecule has 27 heavy (non-hydrogen) atoms. The van der Waals surface area contributed by atoms with E-state index in [4.69, 9.17) is 5.73 Å². The molecule has 1 aromatic heterocycles. The van der Waals surface area contributed by atoms with Crippen molar-refractivity contribution < 1.29 is 14.7 Å². The number of carbonyl (C=O) groups is 2. The second kappa shape index (κ2) is 8.30. The molecule has 0 aliphatic rings. The number of benzene rings is 2. The largest absolute Gasteiger partial charge is 0.380 e. The Balaban J connectivity index is 1.92. The summed E-state index contributed by atoms with van der Waals surface area (Å²) in [5.41, 5.74) is 7.88. The summed E-state index contributed by atoms with van der Waals surface area (Å²) in [4.78, 5) is 22.0. The first-order valence-electron chi connectivity index (χ1n) is 8.61. The number of carbonyl (C=O) groups excluding carboxylic acids is 2. The summed E-state index contributed by atoms with van der Waals surface area (Å²) in [7, 11) is 0. The molecule has 0 spiro atoms. The van der Waals surface area contributed by atoms with E-state index in [9.17, 15) is 14.7 Å². The van der Waals surface area contributed by atoms with Crippen LogP contribution in [0.3, 0.4) is 0 Å². The molecule has 1 amide bonds. The van der Waals surface area contributed by atoms with E-state index in [2.05, 4.69) is 16.9 Å². The highest BCUT2D eigenvalue weighted by atomic mass is 16.3. The van der Waals surface area contributed by atoms with Crippen LogP contribution in [0.5, 0.6) is 0 Å². The molecule has 2 aromatic carbocycles. The van der Waals surface area contributed by atoms with Crippen LogP contribution in [0.25, 0.3) is 16.6 Å². The molecule has 0 saturated carbocycles. The van der Waals surface area contributed by atoms with Crippen molar-refractivity contribution in [2.45, 2.75) is 25.4 Å². The molecule has 0 radical (unpaired) electrons. The van der Waals surface area contributed by atoms with E-state index >= 15 is 0 Å². The number of fused-ring (bicyclic) bond motifs is 1. The maximum Gasteiger partial charge on any atom is 0.269 e. The average Bonchev–Trinajstić information content (AvgIpc) is 3.07. The van der Waals surface area contributed by atoms with Crippen molar-refractivity contribution in [3.8, 4) is 17.5 Å². The molecule has 136 valence electrons. The number of aliphatic hydroxyl groups is 1. The Morgan fingerprint density at radius 1 is 1.26 bits per heavy atom. The van der Waals surface area contributed by atoms with Crippen molar-refractivity contribution >= 4 is 23.1 Å². The Morgan fingerprint density at radius 2 is 2.07 bits per heavy atom. The Hall–Kier alpha value is -3.43. The first kappa shape index (κ1) is 18.4. The number of aliphatic hydroxyl groups excluding tert-OH is 1. The fraction of sp³-hybridized carbons (Fsp3) is 0.190. The number of hydrogen-bond acceptors (Lipinski definition) is 4. The molecule has 0 bridgehead atoms. The lowest BCUT2D eigenvalue weighted by molar-refractivity contribution is -0.108. The summed E-state index contributed by atoms with van der Waals surface area (Å²) in [5.74, 6) is 5.14. The maximum atomic E-state index is 11.7. The van der Waals surface area contributed by atoms with E-state index in [1.54, 1.807) is 10.7 Å². The van der Waals surface area contributed by atoms with Crippen LogP contribution in [0.1, 0.15) is 35.3 Å². The zero-order valence-electron chi connectivity index (χ0n) is 14.6. The SMILES string of the molecule is NC(=O)c1nn(-c2cccc(C#CC(O)CCCC=O)c2)c2ccccc12. The Labute approximate surface area is 156 Å². The van der Waals surface area contributed by atoms with Crippen LogP contribution in [0, 0.1) is 11.8 Å². The zero-order chi connectivity index (χ0) is 19.2. The Bertz CT molecular complexity index is 1040. The van der Waals surface area contributed by atoms with Gasteiger partial charge in [-0.2, -0.15) is 5.10 Å². The molecule has 0 fully saturated rings. The number of nitrogens with two attached hydrogens (primary N) is 1. The van der Waals surface area contributed by atoms with Gasteiger partial charge in [0.25, 0.3) is 5.91 Å². The van der Waals surface area contributed by atoms with Gasteiger partial charge in [-0.25, -0.2) is 4.68 Å². The van der Waals surface area contributed by atoms with E-state index in [-0.39, 0.29) is 5.69 Å². The quantitative estimate of drug-likeness (QED) is 0.399. The molecule has 3 N–H and O–H groups in total. The first-order valence-corrected chi connectivity index (χ1v) is 8.61. The lowest BCUT2D eigenvalue weighted by Crippen LogP contribution is -2.12. The minimum Gasteiger partial charge on any atom is -0.380 e. The van der Waals surface area contributed by atoms with Crippen LogP contribution in [0.2, 0.25) is 0 Å². The number of hydrogen-bond donors (Lipinski definition) is 2. The number of amides is 1. The van der Waals surface area contributed by atoms with Gasteiger partial charge < -0.3 is 15.6 Å². The standard InChI is InChI=1S/C21H19N3O3/c22-21(27)20-18-9-1-2-10-19(18)24(23-20)16-7-5-6-15(14-16)11-12-17(26)8-3-4-13-25/h1-2,5-7,9-10,13-14,17,26H,3-4,8H2,(H2,22,27). The molecule has 1 atom stereocenters. The van der Waals surface area contributed by atoms with Gasteiger partial charge in [0, 0.05) is 17.4 Å². The molecule has 3 rings (SSSR count).